The maximum absolute atomic E-state index is 13.0. The van der Waals surface area contributed by atoms with Gasteiger partial charge in [0.2, 0.25) is 0 Å². The smallest absolute Gasteiger partial charge is 0.317 e. The molecule has 0 heterocycles. The molecule has 2 N–H and O–H groups in total. The first-order chi connectivity index (χ1) is 16.3. The maximum Gasteiger partial charge on any atom is 0.317 e. The lowest BCUT2D eigenvalue weighted by molar-refractivity contribution is -0.147. The van der Waals surface area contributed by atoms with E-state index in [1.165, 1.54) is 51.4 Å². The van der Waals surface area contributed by atoms with Crippen LogP contribution in [-0.4, -0.2) is 53.8 Å². The zero-order valence-electron chi connectivity index (χ0n) is 22.3. The van der Waals surface area contributed by atoms with E-state index in [-0.39, 0.29) is 12.1 Å². The monoisotopic (exact) mass is 480 g/mol. The average Bonchev–Trinajstić information content (AvgIpc) is 2.82. The SMILES string of the molecule is CCCCCCCN(CCO[C@@H]1CCC[C@H](CCC(C)(C)C(=O)O)C1)C(=O)NC1CCCCC1. The molecule has 0 aromatic rings. The molecule has 2 aliphatic rings. The highest BCUT2D eigenvalue weighted by atomic mass is 16.5. The number of nitrogens with zero attached hydrogens (tertiary/aromatic N) is 1. The molecule has 2 aliphatic carbocycles. The number of hydrogen-bond acceptors (Lipinski definition) is 3. The first-order valence-electron chi connectivity index (χ1n) is 14.2. The van der Waals surface area contributed by atoms with Crippen molar-refractivity contribution in [1.82, 2.24) is 10.2 Å². The van der Waals surface area contributed by atoms with E-state index in [0.717, 1.165) is 51.5 Å². The Kier molecular flexibility index (Phi) is 13.3. The molecule has 198 valence electrons. The number of aliphatic carboxylic acids is 1. The van der Waals surface area contributed by atoms with E-state index in [1.54, 1.807) is 0 Å². The van der Waals surface area contributed by atoms with Crippen LogP contribution in [0.3, 0.4) is 0 Å². The fourth-order valence-electron chi connectivity index (χ4n) is 5.39. The second-order valence-electron chi connectivity index (χ2n) is 11.4. The van der Waals surface area contributed by atoms with Crippen molar-refractivity contribution in [3.8, 4) is 0 Å². The maximum atomic E-state index is 13.0. The van der Waals surface area contributed by atoms with Gasteiger partial charge in [-0.2, -0.15) is 0 Å². The van der Waals surface area contributed by atoms with Crippen LogP contribution < -0.4 is 5.32 Å². The topological polar surface area (TPSA) is 78.9 Å². The molecule has 6 nitrogen and oxygen atoms in total. The molecule has 2 atom stereocenters. The average molecular weight is 481 g/mol. The van der Waals surface area contributed by atoms with Crippen molar-refractivity contribution in [2.45, 2.75) is 136 Å². The number of carbonyl (C=O) groups excluding carboxylic acids is 1. The number of unbranched alkanes of at least 4 members (excludes halogenated alkanes) is 4. The predicted molar refractivity (Wildman–Crippen MR) is 138 cm³/mol. The number of carbonyl (C=O) groups is 2. The molecule has 0 aromatic heterocycles. The molecular formula is C28H52N2O4. The summed E-state index contributed by atoms with van der Waals surface area (Å²) in [6.45, 7) is 7.92. The molecule has 0 bridgehead atoms. The number of urea groups is 1. The van der Waals surface area contributed by atoms with Crippen LogP contribution in [0.5, 0.6) is 0 Å². The number of rotatable bonds is 15. The van der Waals surface area contributed by atoms with E-state index in [2.05, 4.69) is 12.2 Å². The second kappa shape index (κ2) is 15.6. The Labute approximate surface area is 208 Å². The van der Waals surface area contributed by atoms with E-state index < -0.39 is 11.4 Å². The van der Waals surface area contributed by atoms with Crippen LogP contribution in [0.4, 0.5) is 4.79 Å². The van der Waals surface area contributed by atoms with Crippen LogP contribution in [0.15, 0.2) is 0 Å². The van der Waals surface area contributed by atoms with Crippen molar-refractivity contribution in [2.75, 3.05) is 19.7 Å². The molecule has 0 spiro atoms. The van der Waals surface area contributed by atoms with E-state index in [0.29, 0.717) is 31.5 Å². The lowest BCUT2D eigenvalue weighted by Crippen LogP contribution is -2.47. The van der Waals surface area contributed by atoms with Crippen molar-refractivity contribution in [3.63, 3.8) is 0 Å². The lowest BCUT2D eigenvalue weighted by Gasteiger charge is -2.32. The van der Waals surface area contributed by atoms with Crippen LogP contribution >= 0.6 is 0 Å². The summed E-state index contributed by atoms with van der Waals surface area (Å²) < 4.78 is 6.27. The number of hydrogen-bond donors (Lipinski definition) is 2. The van der Waals surface area contributed by atoms with Gasteiger partial charge in [-0.3, -0.25) is 4.79 Å². The number of nitrogens with one attached hydrogen (secondary N) is 1. The first kappa shape index (κ1) is 28.9. The predicted octanol–water partition coefficient (Wildman–Crippen LogP) is 6.77. The van der Waals surface area contributed by atoms with Gasteiger partial charge in [0.15, 0.2) is 0 Å². The number of ether oxygens (including phenoxy) is 1. The Hall–Kier alpha value is -1.30. The van der Waals surface area contributed by atoms with Gasteiger partial charge in [-0.05, 0) is 64.7 Å². The molecule has 2 saturated carbocycles. The highest BCUT2D eigenvalue weighted by Crippen LogP contribution is 2.33. The summed E-state index contributed by atoms with van der Waals surface area (Å²) in [5, 5.41) is 12.7. The van der Waals surface area contributed by atoms with E-state index in [1.807, 2.05) is 18.7 Å². The standard InChI is InChI=1S/C28H52N2O4/c1-4-5-6-7-11-19-30(27(33)29-24-14-9-8-10-15-24)20-21-34-25-16-12-13-23(22-25)17-18-28(2,3)26(31)32/h23-25H,4-22H2,1-3H3,(H,29,33)(H,31,32)/t23-,25-/m1/s1. The molecule has 2 fully saturated rings. The molecule has 0 aromatic carbocycles. The van der Waals surface area contributed by atoms with Crippen molar-refractivity contribution in [3.05, 3.63) is 0 Å². The quantitative estimate of drug-likeness (QED) is 0.254. The van der Waals surface area contributed by atoms with E-state index >= 15 is 0 Å². The zero-order chi connectivity index (χ0) is 24.8. The van der Waals surface area contributed by atoms with Gasteiger partial charge in [-0.15, -0.1) is 0 Å². The number of carboxylic acids is 1. The molecular weight excluding hydrogens is 428 g/mol. The highest BCUT2D eigenvalue weighted by molar-refractivity contribution is 5.74. The Morgan fingerprint density at radius 3 is 2.41 bits per heavy atom. The summed E-state index contributed by atoms with van der Waals surface area (Å²) in [5.41, 5.74) is -0.656. The summed E-state index contributed by atoms with van der Waals surface area (Å²) in [6.07, 6.45) is 18.2. The van der Waals surface area contributed by atoms with Crippen LogP contribution in [0, 0.1) is 11.3 Å². The highest BCUT2D eigenvalue weighted by Gasteiger charge is 2.30. The minimum absolute atomic E-state index is 0.0865. The Bertz CT molecular complexity index is 589. The Balaban J connectivity index is 1.76. The van der Waals surface area contributed by atoms with Gasteiger partial charge in [0, 0.05) is 19.1 Å². The minimum Gasteiger partial charge on any atom is -0.481 e. The molecule has 2 amide bonds. The van der Waals surface area contributed by atoms with Gasteiger partial charge < -0.3 is 20.1 Å². The number of amides is 2. The van der Waals surface area contributed by atoms with Crippen LogP contribution in [0.1, 0.15) is 124 Å². The van der Waals surface area contributed by atoms with Gasteiger partial charge in [0.05, 0.1) is 18.1 Å². The van der Waals surface area contributed by atoms with Gasteiger partial charge in [0.1, 0.15) is 0 Å². The van der Waals surface area contributed by atoms with Crippen molar-refractivity contribution >= 4 is 12.0 Å². The summed E-state index contributed by atoms with van der Waals surface area (Å²) in [6, 6.07) is 0.419. The van der Waals surface area contributed by atoms with E-state index in [4.69, 9.17) is 4.74 Å². The first-order valence-corrected chi connectivity index (χ1v) is 14.2. The van der Waals surface area contributed by atoms with Crippen LogP contribution in [0.25, 0.3) is 0 Å². The Morgan fingerprint density at radius 1 is 0.971 bits per heavy atom. The molecule has 6 heteroatoms. The van der Waals surface area contributed by atoms with Gasteiger partial charge in [0.25, 0.3) is 0 Å². The van der Waals surface area contributed by atoms with Gasteiger partial charge >= 0.3 is 12.0 Å². The molecule has 0 unspecified atom stereocenters. The normalized spacial score (nSPS) is 21.9. The third-order valence-corrected chi connectivity index (χ3v) is 7.96. The third-order valence-electron chi connectivity index (χ3n) is 7.96. The van der Waals surface area contributed by atoms with Gasteiger partial charge in [-0.25, -0.2) is 4.79 Å². The van der Waals surface area contributed by atoms with Crippen LogP contribution in [-0.2, 0) is 9.53 Å². The zero-order valence-corrected chi connectivity index (χ0v) is 22.3. The second-order valence-corrected chi connectivity index (χ2v) is 11.4. The van der Waals surface area contributed by atoms with Gasteiger partial charge in [-0.1, -0.05) is 64.7 Å². The molecule has 2 rings (SSSR count). The summed E-state index contributed by atoms with van der Waals surface area (Å²) in [4.78, 5) is 26.4. The summed E-state index contributed by atoms with van der Waals surface area (Å²) >= 11 is 0. The molecule has 34 heavy (non-hydrogen) atoms. The fraction of sp³-hybridized carbons (Fsp3) is 0.929. The largest absolute Gasteiger partial charge is 0.481 e. The van der Waals surface area contributed by atoms with Crippen molar-refractivity contribution in [1.29, 1.82) is 0 Å². The van der Waals surface area contributed by atoms with E-state index in [9.17, 15) is 14.7 Å². The fourth-order valence-corrected chi connectivity index (χ4v) is 5.39. The summed E-state index contributed by atoms with van der Waals surface area (Å²) in [5.74, 6) is -0.168. The van der Waals surface area contributed by atoms with Crippen molar-refractivity contribution in [2.24, 2.45) is 11.3 Å². The third kappa shape index (κ3) is 11.0. The minimum atomic E-state index is -0.711. The number of carboxylic acid groups (broad SMARTS) is 1. The van der Waals surface area contributed by atoms with Crippen molar-refractivity contribution < 1.29 is 19.4 Å². The molecule has 0 saturated heterocycles. The summed E-state index contributed by atoms with van der Waals surface area (Å²) in [7, 11) is 0. The van der Waals surface area contributed by atoms with Crippen LogP contribution in [0.2, 0.25) is 0 Å². The lowest BCUT2D eigenvalue weighted by atomic mass is 9.79. The molecule has 0 radical (unpaired) electrons. The Morgan fingerprint density at radius 2 is 1.71 bits per heavy atom. The molecule has 0 aliphatic heterocycles.